The van der Waals surface area contributed by atoms with E-state index >= 15 is 0 Å². The molecule has 2 fully saturated rings. The highest BCUT2D eigenvalue weighted by Gasteiger charge is 2.53. The Morgan fingerprint density at radius 1 is 0.907 bits per heavy atom. The second-order valence-electron chi connectivity index (χ2n) is 12.8. The summed E-state index contributed by atoms with van der Waals surface area (Å²) in [4.78, 5) is 51.8. The van der Waals surface area contributed by atoms with Crippen molar-refractivity contribution >= 4 is 39.2 Å². The van der Waals surface area contributed by atoms with Crippen LogP contribution in [0.2, 0.25) is 0 Å². The smallest absolute Gasteiger partial charge is 0.338 e. The Morgan fingerprint density at radius 2 is 1.58 bits per heavy atom. The number of anilines is 1. The van der Waals surface area contributed by atoms with Crippen molar-refractivity contribution in [2.75, 3.05) is 18.5 Å². The largest absolute Gasteiger partial charge is 0.452 e. The van der Waals surface area contributed by atoms with E-state index in [0.29, 0.717) is 12.1 Å². The molecular weight excluding hydrogens is 568 g/mol. The topological polar surface area (TPSA) is 127 Å². The Balaban J connectivity index is 1.14. The molecule has 9 nitrogen and oxygen atoms in total. The zero-order valence-corrected chi connectivity index (χ0v) is 25.0. The molecule has 0 unspecified atom stereocenters. The maximum atomic E-state index is 13.7. The van der Waals surface area contributed by atoms with Crippen molar-refractivity contribution in [3.05, 3.63) is 94.5 Å². The lowest BCUT2D eigenvalue weighted by molar-refractivity contribution is -0.119. The minimum Gasteiger partial charge on any atom is -0.452 e. The number of esters is 1. The normalized spacial score (nSPS) is 22.4. The first-order valence-corrected chi connectivity index (χ1v) is 15.6. The molecule has 1 N–H and O–H groups in total. The van der Waals surface area contributed by atoms with Gasteiger partial charge in [-0.05, 0) is 54.4 Å². The fourth-order valence-electron chi connectivity index (χ4n) is 7.26. The fourth-order valence-corrected chi connectivity index (χ4v) is 9.08. The number of ether oxygens (including phenoxy) is 1. The highest BCUT2D eigenvalue weighted by molar-refractivity contribution is 7.89. The molecule has 0 spiro atoms. The van der Waals surface area contributed by atoms with Crippen molar-refractivity contribution < 1.29 is 32.3 Å². The lowest BCUT2D eigenvalue weighted by Crippen LogP contribution is -2.37. The number of benzene rings is 3. The van der Waals surface area contributed by atoms with Gasteiger partial charge in [-0.25, -0.2) is 13.2 Å². The summed E-state index contributed by atoms with van der Waals surface area (Å²) in [6.45, 7) is 6.22. The average molecular weight is 601 g/mol. The van der Waals surface area contributed by atoms with Gasteiger partial charge in [-0.1, -0.05) is 63.2 Å². The second-order valence-corrected chi connectivity index (χ2v) is 14.7. The minimum atomic E-state index is -3.86. The molecular formula is C33H32N2O7S. The second kappa shape index (κ2) is 10.2. The summed E-state index contributed by atoms with van der Waals surface area (Å²) in [5.41, 5.74) is 0.877. The van der Waals surface area contributed by atoms with Gasteiger partial charge in [0.25, 0.3) is 5.91 Å². The number of nitrogens with one attached hydrogen (secondary N) is 1. The summed E-state index contributed by atoms with van der Waals surface area (Å²) >= 11 is 0. The van der Waals surface area contributed by atoms with Gasteiger partial charge in [0, 0.05) is 29.3 Å². The number of hydrogen-bond donors (Lipinski definition) is 1. The predicted octanol–water partition coefficient (Wildman–Crippen LogP) is 4.85. The third-order valence-electron chi connectivity index (χ3n) is 8.60. The van der Waals surface area contributed by atoms with Crippen LogP contribution in [-0.4, -0.2) is 55.4 Å². The molecule has 1 amide bonds. The van der Waals surface area contributed by atoms with Crippen molar-refractivity contribution in [3.63, 3.8) is 0 Å². The molecule has 6 rings (SSSR count). The van der Waals surface area contributed by atoms with Gasteiger partial charge in [0.2, 0.25) is 10.0 Å². The van der Waals surface area contributed by atoms with E-state index in [1.165, 1.54) is 36.4 Å². The van der Waals surface area contributed by atoms with Crippen LogP contribution in [0.25, 0.3) is 0 Å². The number of rotatable bonds is 6. The van der Waals surface area contributed by atoms with E-state index in [1.807, 2.05) is 0 Å². The van der Waals surface area contributed by atoms with E-state index in [2.05, 4.69) is 26.1 Å². The van der Waals surface area contributed by atoms with Gasteiger partial charge in [-0.15, -0.1) is 0 Å². The Kier molecular flexibility index (Phi) is 6.89. The lowest BCUT2D eigenvalue weighted by atomic mass is 9.65. The highest BCUT2D eigenvalue weighted by atomic mass is 32.2. The number of ketones is 2. The fraction of sp³-hybridized carbons (Fsp3) is 0.333. The summed E-state index contributed by atoms with van der Waals surface area (Å²) in [7, 11) is -3.86. The van der Waals surface area contributed by atoms with Crippen LogP contribution in [0.3, 0.4) is 0 Å². The van der Waals surface area contributed by atoms with E-state index in [0.717, 1.165) is 19.3 Å². The van der Waals surface area contributed by atoms with E-state index in [4.69, 9.17) is 4.74 Å². The third kappa shape index (κ3) is 5.19. The SMILES string of the molecule is CC1(C)C[C@H]2C[C@](C)(CN2S(=O)(=O)c2cccc(C(=O)OCC(=O)Nc3cccc4c3C(=O)c3ccccc3C4=O)c2)C1. The molecule has 1 aliphatic heterocycles. The standard InChI is InChI=1S/C33H32N2O7S/c1-32(2)15-21-16-33(3,18-32)19-35(21)43(40,41)22-9-6-8-20(14-22)31(39)42-17-27(36)34-26-13-7-12-25-28(26)30(38)24-11-5-4-10-23(24)29(25)37/h4-14,21H,15-19H2,1-3H3,(H,34,36)/t21-,33-/m0/s1. The van der Waals surface area contributed by atoms with Gasteiger partial charge < -0.3 is 10.1 Å². The van der Waals surface area contributed by atoms with Crippen LogP contribution in [0.5, 0.6) is 0 Å². The van der Waals surface area contributed by atoms with Crippen LogP contribution >= 0.6 is 0 Å². The molecule has 3 aromatic rings. The van der Waals surface area contributed by atoms with Gasteiger partial charge in [-0.3, -0.25) is 14.4 Å². The number of nitrogens with zero attached hydrogens (tertiary/aromatic N) is 1. The summed E-state index contributed by atoms with van der Waals surface area (Å²) in [6.07, 6.45) is 2.53. The number of carbonyl (C=O) groups excluding carboxylic acids is 4. The van der Waals surface area contributed by atoms with Gasteiger partial charge in [0.05, 0.1) is 21.7 Å². The molecule has 0 radical (unpaired) electrons. The molecule has 43 heavy (non-hydrogen) atoms. The Hall–Kier alpha value is -4.15. The molecule has 0 aromatic heterocycles. The van der Waals surface area contributed by atoms with Crippen molar-refractivity contribution in [1.29, 1.82) is 0 Å². The first-order valence-electron chi connectivity index (χ1n) is 14.2. The quantitative estimate of drug-likeness (QED) is 0.314. The maximum Gasteiger partial charge on any atom is 0.338 e. The first kappa shape index (κ1) is 28.9. The van der Waals surface area contributed by atoms with Gasteiger partial charge in [0.15, 0.2) is 18.2 Å². The van der Waals surface area contributed by atoms with Crippen molar-refractivity contribution in [2.24, 2.45) is 10.8 Å². The maximum absolute atomic E-state index is 13.7. The van der Waals surface area contributed by atoms with E-state index in [9.17, 15) is 27.6 Å². The predicted molar refractivity (Wildman–Crippen MR) is 159 cm³/mol. The molecule has 2 atom stereocenters. The molecule has 2 bridgehead atoms. The van der Waals surface area contributed by atoms with Crippen LogP contribution in [-0.2, 0) is 19.6 Å². The lowest BCUT2D eigenvalue weighted by Gasteiger charge is -2.39. The Bertz CT molecular complexity index is 1810. The van der Waals surface area contributed by atoms with Crippen molar-refractivity contribution in [3.8, 4) is 0 Å². The van der Waals surface area contributed by atoms with Crippen LogP contribution in [0.4, 0.5) is 5.69 Å². The number of fused-ring (bicyclic) bond motifs is 4. The zero-order valence-electron chi connectivity index (χ0n) is 24.2. The zero-order chi connectivity index (χ0) is 30.7. The third-order valence-corrected chi connectivity index (χ3v) is 10.5. The number of amides is 1. The number of sulfonamides is 1. The molecule has 2 aliphatic carbocycles. The molecule has 3 aromatic carbocycles. The van der Waals surface area contributed by atoms with E-state index in [-0.39, 0.29) is 55.5 Å². The van der Waals surface area contributed by atoms with Gasteiger partial charge in [-0.2, -0.15) is 4.31 Å². The number of hydrogen-bond acceptors (Lipinski definition) is 7. The summed E-state index contributed by atoms with van der Waals surface area (Å²) in [5, 5.41) is 2.57. The monoisotopic (exact) mass is 600 g/mol. The van der Waals surface area contributed by atoms with E-state index in [1.54, 1.807) is 34.6 Å². The first-order chi connectivity index (χ1) is 20.3. The molecule has 222 valence electrons. The Labute approximate surface area is 250 Å². The number of carbonyl (C=O) groups is 4. The molecule has 1 saturated heterocycles. The van der Waals surface area contributed by atoms with Gasteiger partial charge >= 0.3 is 5.97 Å². The molecule has 10 heteroatoms. The highest BCUT2D eigenvalue weighted by Crippen LogP contribution is 2.53. The summed E-state index contributed by atoms with van der Waals surface area (Å²) in [6, 6.07) is 16.6. The Morgan fingerprint density at radius 3 is 2.33 bits per heavy atom. The molecule has 1 heterocycles. The van der Waals surface area contributed by atoms with Crippen LogP contribution in [0.1, 0.15) is 82.2 Å². The van der Waals surface area contributed by atoms with Crippen LogP contribution < -0.4 is 5.32 Å². The molecule has 3 aliphatic rings. The van der Waals surface area contributed by atoms with Crippen LogP contribution in [0, 0.1) is 10.8 Å². The average Bonchev–Trinajstić information content (AvgIpc) is 3.23. The van der Waals surface area contributed by atoms with Crippen molar-refractivity contribution in [1.82, 2.24) is 4.31 Å². The van der Waals surface area contributed by atoms with Gasteiger partial charge in [0.1, 0.15) is 0 Å². The minimum absolute atomic E-state index is 0.000248. The van der Waals surface area contributed by atoms with E-state index < -0.39 is 34.3 Å². The molecule has 1 saturated carbocycles. The van der Waals surface area contributed by atoms with Crippen molar-refractivity contribution in [2.45, 2.75) is 51.0 Å². The summed E-state index contributed by atoms with van der Waals surface area (Å²) < 4.78 is 34.1. The summed E-state index contributed by atoms with van der Waals surface area (Å²) in [5.74, 6) is -2.30. The van der Waals surface area contributed by atoms with Crippen LogP contribution in [0.15, 0.2) is 71.6 Å².